The first-order chi connectivity index (χ1) is 12.5. The summed E-state index contributed by atoms with van der Waals surface area (Å²) in [7, 11) is 3.24. The summed E-state index contributed by atoms with van der Waals surface area (Å²) in [6.07, 6.45) is 0. The highest BCUT2D eigenvalue weighted by atomic mass is 16.5. The number of amides is 1. The van der Waals surface area contributed by atoms with Gasteiger partial charge in [0.25, 0.3) is 5.91 Å². The molecule has 0 aliphatic carbocycles. The average molecular weight is 352 g/mol. The minimum absolute atomic E-state index is 0.257. The third kappa shape index (κ3) is 3.39. The number of rotatable bonds is 5. The number of methoxy groups -OCH3 is 2. The Morgan fingerprint density at radius 3 is 2.35 bits per heavy atom. The van der Waals surface area contributed by atoms with Gasteiger partial charge in [-0.15, -0.1) is 0 Å². The summed E-state index contributed by atoms with van der Waals surface area (Å²) in [6, 6.07) is 13.1. The van der Waals surface area contributed by atoms with Crippen molar-refractivity contribution in [2.24, 2.45) is 0 Å². The number of ether oxygens (including phenoxy) is 2. The standard InChI is InChI=1S/C20H20N2O4/c1-12-19(13(2)26-22-12)20(23)21-15-7-10-18(25-4)17(11-15)14-5-8-16(24-3)9-6-14/h5-11H,1-4H3,(H,21,23). The van der Waals surface area contributed by atoms with E-state index in [-0.39, 0.29) is 5.91 Å². The Balaban J connectivity index is 1.93. The monoisotopic (exact) mass is 352 g/mol. The topological polar surface area (TPSA) is 73.6 Å². The fourth-order valence-corrected chi connectivity index (χ4v) is 2.78. The summed E-state index contributed by atoms with van der Waals surface area (Å²) in [5, 5.41) is 6.71. The number of hydrogen-bond donors (Lipinski definition) is 1. The van der Waals surface area contributed by atoms with E-state index >= 15 is 0 Å². The second-order valence-electron chi connectivity index (χ2n) is 5.80. The first kappa shape index (κ1) is 17.5. The molecule has 0 unspecified atom stereocenters. The Morgan fingerprint density at radius 1 is 1.04 bits per heavy atom. The van der Waals surface area contributed by atoms with Crippen LogP contribution in [0.15, 0.2) is 47.0 Å². The number of aromatic nitrogens is 1. The summed E-state index contributed by atoms with van der Waals surface area (Å²) >= 11 is 0. The van der Waals surface area contributed by atoms with Crippen LogP contribution >= 0.6 is 0 Å². The molecule has 1 aromatic heterocycles. The van der Waals surface area contributed by atoms with E-state index in [1.807, 2.05) is 36.4 Å². The van der Waals surface area contributed by atoms with Crippen LogP contribution in [-0.2, 0) is 0 Å². The van der Waals surface area contributed by atoms with Gasteiger partial charge in [0.1, 0.15) is 22.8 Å². The van der Waals surface area contributed by atoms with Crippen LogP contribution in [0, 0.1) is 13.8 Å². The van der Waals surface area contributed by atoms with Crippen LogP contribution in [-0.4, -0.2) is 25.3 Å². The molecule has 0 radical (unpaired) electrons. The minimum Gasteiger partial charge on any atom is -0.497 e. The maximum Gasteiger partial charge on any atom is 0.261 e. The van der Waals surface area contributed by atoms with Gasteiger partial charge in [0, 0.05) is 11.3 Å². The summed E-state index contributed by atoms with van der Waals surface area (Å²) in [5.41, 5.74) is 3.49. The van der Waals surface area contributed by atoms with Gasteiger partial charge in [0.2, 0.25) is 0 Å². The molecule has 2 aromatic carbocycles. The highest BCUT2D eigenvalue weighted by Gasteiger charge is 2.18. The summed E-state index contributed by atoms with van der Waals surface area (Å²) in [6.45, 7) is 3.45. The zero-order valence-corrected chi connectivity index (χ0v) is 15.1. The first-order valence-electron chi connectivity index (χ1n) is 8.10. The Morgan fingerprint density at radius 2 is 1.77 bits per heavy atom. The number of hydrogen-bond acceptors (Lipinski definition) is 5. The number of benzene rings is 2. The van der Waals surface area contributed by atoms with Crippen LogP contribution in [0.5, 0.6) is 11.5 Å². The van der Waals surface area contributed by atoms with Crippen molar-refractivity contribution in [3.63, 3.8) is 0 Å². The van der Waals surface area contributed by atoms with Gasteiger partial charge in [-0.25, -0.2) is 0 Å². The van der Waals surface area contributed by atoms with Crippen LogP contribution in [0.2, 0.25) is 0 Å². The Hall–Kier alpha value is -3.28. The molecule has 0 bridgehead atoms. The quantitative estimate of drug-likeness (QED) is 0.744. The molecule has 0 saturated heterocycles. The molecule has 0 fully saturated rings. The number of nitrogens with one attached hydrogen (secondary N) is 1. The van der Waals surface area contributed by atoms with E-state index in [1.54, 1.807) is 34.1 Å². The van der Waals surface area contributed by atoms with Crippen LogP contribution in [0.3, 0.4) is 0 Å². The molecule has 1 heterocycles. The van der Waals surface area contributed by atoms with E-state index in [9.17, 15) is 4.79 Å². The van der Waals surface area contributed by atoms with Crippen LogP contribution in [0.25, 0.3) is 11.1 Å². The minimum atomic E-state index is -0.257. The molecule has 0 saturated carbocycles. The zero-order valence-electron chi connectivity index (χ0n) is 15.1. The smallest absolute Gasteiger partial charge is 0.261 e. The highest BCUT2D eigenvalue weighted by molar-refractivity contribution is 6.06. The van der Waals surface area contributed by atoms with Crippen molar-refractivity contribution in [2.45, 2.75) is 13.8 Å². The lowest BCUT2D eigenvalue weighted by Gasteiger charge is -2.12. The van der Waals surface area contributed by atoms with Crippen molar-refractivity contribution in [1.82, 2.24) is 5.16 Å². The van der Waals surface area contributed by atoms with E-state index in [0.717, 1.165) is 16.9 Å². The van der Waals surface area contributed by atoms with Crippen LogP contribution in [0.1, 0.15) is 21.8 Å². The van der Waals surface area contributed by atoms with Crippen molar-refractivity contribution in [3.05, 3.63) is 59.5 Å². The maximum atomic E-state index is 12.5. The van der Waals surface area contributed by atoms with Gasteiger partial charge < -0.3 is 19.3 Å². The molecule has 1 amide bonds. The molecule has 6 heteroatoms. The third-order valence-corrected chi connectivity index (χ3v) is 4.12. The number of aryl methyl sites for hydroxylation is 2. The van der Waals surface area contributed by atoms with E-state index < -0.39 is 0 Å². The lowest BCUT2D eigenvalue weighted by Crippen LogP contribution is -2.13. The molecule has 0 spiro atoms. The van der Waals surface area contributed by atoms with Gasteiger partial charge >= 0.3 is 0 Å². The normalized spacial score (nSPS) is 10.5. The molecule has 0 aliphatic heterocycles. The fraction of sp³-hybridized carbons (Fsp3) is 0.200. The molecular formula is C20H20N2O4. The Bertz CT molecular complexity index is 910. The van der Waals surface area contributed by atoms with Crippen molar-refractivity contribution in [1.29, 1.82) is 0 Å². The fourth-order valence-electron chi connectivity index (χ4n) is 2.78. The maximum absolute atomic E-state index is 12.5. The molecule has 26 heavy (non-hydrogen) atoms. The zero-order chi connectivity index (χ0) is 18.7. The molecule has 3 aromatic rings. The lowest BCUT2D eigenvalue weighted by molar-refractivity contribution is 0.102. The van der Waals surface area contributed by atoms with Crippen molar-refractivity contribution >= 4 is 11.6 Å². The van der Waals surface area contributed by atoms with Gasteiger partial charge in [-0.2, -0.15) is 0 Å². The predicted molar refractivity (Wildman–Crippen MR) is 98.9 cm³/mol. The summed E-state index contributed by atoms with van der Waals surface area (Å²) in [4.78, 5) is 12.5. The first-order valence-corrected chi connectivity index (χ1v) is 8.10. The number of carbonyl (C=O) groups excluding carboxylic acids is 1. The molecule has 3 rings (SSSR count). The summed E-state index contributed by atoms with van der Waals surface area (Å²) in [5.74, 6) is 1.72. The third-order valence-electron chi connectivity index (χ3n) is 4.12. The van der Waals surface area contributed by atoms with Crippen molar-refractivity contribution < 1.29 is 18.8 Å². The second kappa shape index (κ2) is 7.31. The lowest BCUT2D eigenvalue weighted by atomic mass is 10.0. The molecular weight excluding hydrogens is 332 g/mol. The molecule has 0 aliphatic rings. The molecule has 0 atom stereocenters. The number of nitrogens with zero attached hydrogens (tertiary/aromatic N) is 1. The van der Waals surface area contributed by atoms with E-state index in [2.05, 4.69) is 10.5 Å². The molecule has 6 nitrogen and oxygen atoms in total. The average Bonchev–Trinajstić information content (AvgIpc) is 3.00. The van der Waals surface area contributed by atoms with Gasteiger partial charge in [-0.1, -0.05) is 17.3 Å². The van der Waals surface area contributed by atoms with Crippen molar-refractivity contribution in [2.75, 3.05) is 19.5 Å². The SMILES string of the molecule is COc1ccc(-c2cc(NC(=O)c3c(C)noc3C)ccc2OC)cc1. The number of anilines is 1. The van der Waals surface area contributed by atoms with E-state index in [4.69, 9.17) is 14.0 Å². The largest absolute Gasteiger partial charge is 0.497 e. The molecule has 134 valence electrons. The van der Waals surface area contributed by atoms with Gasteiger partial charge in [0.15, 0.2) is 0 Å². The van der Waals surface area contributed by atoms with E-state index in [1.165, 1.54) is 0 Å². The van der Waals surface area contributed by atoms with E-state index in [0.29, 0.717) is 28.5 Å². The Kier molecular flexibility index (Phi) is 4.93. The predicted octanol–water partition coefficient (Wildman–Crippen LogP) is 4.23. The van der Waals surface area contributed by atoms with Crippen LogP contribution < -0.4 is 14.8 Å². The highest BCUT2D eigenvalue weighted by Crippen LogP contribution is 2.33. The summed E-state index contributed by atoms with van der Waals surface area (Å²) < 4.78 is 15.7. The Labute approximate surface area is 151 Å². The number of carbonyl (C=O) groups is 1. The second-order valence-corrected chi connectivity index (χ2v) is 5.80. The van der Waals surface area contributed by atoms with Gasteiger partial charge in [-0.3, -0.25) is 4.79 Å². The van der Waals surface area contributed by atoms with Crippen LogP contribution in [0.4, 0.5) is 5.69 Å². The molecule has 1 N–H and O–H groups in total. The van der Waals surface area contributed by atoms with Crippen molar-refractivity contribution in [3.8, 4) is 22.6 Å². The van der Waals surface area contributed by atoms with Gasteiger partial charge in [-0.05, 0) is 49.7 Å². The van der Waals surface area contributed by atoms with Gasteiger partial charge in [0.05, 0.1) is 19.9 Å².